The van der Waals surface area contributed by atoms with Gasteiger partial charge in [0.05, 0.1) is 11.3 Å². The molecule has 2 aromatic rings. The topological polar surface area (TPSA) is 42.0 Å². The zero-order valence-corrected chi connectivity index (χ0v) is 11.4. The molecule has 86 valence electrons. The van der Waals surface area contributed by atoms with E-state index >= 15 is 0 Å². The number of benzene rings is 1. The Bertz CT molecular complexity index is 555. The largest absolute Gasteiger partial charge is 0.321 e. The van der Waals surface area contributed by atoms with Crippen molar-refractivity contribution in [2.45, 2.75) is 6.92 Å². The lowest BCUT2D eigenvalue weighted by Gasteiger charge is -2.07. The van der Waals surface area contributed by atoms with Crippen molar-refractivity contribution in [3.8, 4) is 0 Å². The minimum Gasteiger partial charge on any atom is -0.321 e. The van der Waals surface area contributed by atoms with Crippen LogP contribution in [0.3, 0.4) is 0 Å². The molecule has 0 unspecified atom stereocenters. The molecule has 1 N–H and O–H groups in total. The van der Waals surface area contributed by atoms with Crippen LogP contribution in [0.2, 0.25) is 0 Å². The lowest BCUT2D eigenvalue weighted by Crippen LogP contribution is -2.13. The van der Waals surface area contributed by atoms with E-state index in [0.717, 1.165) is 14.8 Å². The van der Waals surface area contributed by atoms with Crippen LogP contribution >= 0.6 is 22.6 Å². The number of anilines is 1. The van der Waals surface area contributed by atoms with Gasteiger partial charge in [0.2, 0.25) is 0 Å². The Balaban J connectivity index is 2.20. The second kappa shape index (κ2) is 5.27. The van der Waals surface area contributed by atoms with Gasteiger partial charge in [-0.3, -0.25) is 9.78 Å². The summed E-state index contributed by atoms with van der Waals surface area (Å²) in [6, 6.07) is 9.48. The molecule has 4 heteroatoms. The van der Waals surface area contributed by atoms with E-state index in [1.807, 2.05) is 37.3 Å². The minimum atomic E-state index is -0.134. The Hall–Kier alpha value is -1.43. The van der Waals surface area contributed by atoms with Crippen molar-refractivity contribution < 1.29 is 4.79 Å². The van der Waals surface area contributed by atoms with Crippen LogP contribution < -0.4 is 5.32 Å². The highest BCUT2D eigenvalue weighted by Crippen LogP contribution is 2.17. The number of nitrogens with one attached hydrogen (secondary N) is 1. The second-order valence-electron chi connectivity index (χ2n) is 3.68. The van der Waals surface area contributed by atoms with E-state index in [1.165, 1.54) is 0 Å². The van der Waals surface area contributed by atoms with Gasteiger partial charge in [-0.1, -0.05) is 12.1 Å². The van der Waals surface area contributed by atoms with Gasteiger partial charge < -0.3 is 5.32 Å². The maximum atomic E-state index is 12.0. The second-order valence-corrected chi connectivity index (χ2v) is 4.85. The van der Waals surface area contributed by atoms with Crippen molar-refractivity contribution in [1.29, 1.82) is 0 Å². The smallest absolute Gasteiger partial charge is 0.257 e. The van der Waals surface area contributed by atoms with Crippen molar-refractivity contribution in [2.75, 3.05) is 5.32 Å². The number of rotatable bonds is 2. The third kappa shape index (κ3) is 3.03. The fraction of sp³-hybridized carbons (Fsp3) is 0.0769. The number of amides is 1. The minimum absolute atomic E-state index is 0.134. The molecule has 17 heavy (non-hydrogen) atoms. The molecule has 1 aromatic carbocycles. The molecule has 0 bridgehead atoms. The lowest BCUT2D eigenvalue weighted by atomic mass is 10.2. The van der Waals surface area contributed by atoms with Gasteiger partial charge in [0.1, 0.15) is 0 Å². The van der Waals surface area contributed by atoms with E-state index in [0.29, 0.717) is 5.56 Å². The standard InChI is InChI=1S/C13H11IN2O/c1-9-6-10(8-15-7-9)13(17)16-12-5-3-2-4-11(12)14/h2-8H,1H3,(H,16,17). The number of hydrogen-bond acceptors (Lipinski definition) is 2. The molecule has 0 aliphatic carbocycles. The Labute approximate surface area is 113 Å². The van der Waals surface area contributed by atoms with Crippen LogP contribution in [-0.2, 0) is 0 Å². The van der Waals surface area contributed by atoms with Gasteiger partial charge in [-0.2, -0.15) is 0 Å². The molecule has 2 rings (SSSR count). The first-order valence-corrected chi connectivity index (χ1v) is 6.22. The van der Waals surface area contributed by atoms with Gasteiger partial charge in [-0.15, -0.1) is 0 Å². The highest BCUT2D eigenvalue weighted by molar-refractivity contribution is 14.1. The monoisotopic (exact) mass is 338 g/mol. The number of aryl methyl sites for hydroxylation is 1. The van der Waals surface area contributed by atoms with Crippen molar-refractivity contribution in [3.05, 3.63) is 57.4 Å². The molecular formula is C13H11IN2O. The first kappa shape index (κ1) is 12.0. The quantitative estimate of drug-likeness (QED) is 0.854. The number of aromatic nitrogens is 1. The van der Waals surface area contributed by atoms with Crippen molar-refractivity contribution in [1.82, 2.24) is 4.98 Å². The fourth-order valence-corrected chi connectivity index (χ4v) is 1.96. The van der Waals surface area contributed by atoms with Gasteiger partial charge in [0.25, 0.3) is 5.91 Å². The Morgan fingerprint density at radius 2 is 2.06 bits per heavy atom. The lowest BCUT2D eigenvalue weighted by molar-refractivity contribution is 0.102. The van der Waals surface area contributed by atoms with Crippen LogP contribution in [0, 0.1) is 10.5 Å². The first-order chi connectivity index (χ1) is 8.16. The zero-order valence-electron chi connectivity index (χ0n) is 9.27. The van der Waals surface area contributed by atoms with Crippen molar-refractivity contribution in [2.24, 2.45) is 0 Å². The van der Waals surface area contributed by atoms with E-state index in [9.17, 15) is 4.79 Å². The Morgan fingerprint density at radius 1 is 1.29 bits per heavy atom. The molecule has 0 radical (unpaired) electrons. The average molecular weight is 338 g/mol. The molecule has 0 aliphatic heterocycles. The molecule has 0 atom stereocenters. The van der Waals surface area contributed by atoms with Crippen LogP contribution in [0.5, 0.6) is 0 Å². The third-order valence-corrected chi connectivity index (χ3v) is 3.20. The van der Waals surface area contributed by atoms with E-state index in [-0.39, 0.29) is 5.91 Å². The normalized spacial score (nSPS) is 10.0. The van der Waals surface area contributed by atoms with E-state index in [2.05, 4.69) is 32.9 Å². The molecule has 0 aliphatic rings. The van der Waals surface area contributed by atoms with Crippen LogP contribution in [0.1, 0.15) is 15.9 Å². The summed E-state index contributed by atoms with van der Waals surface area (Å²) >= 11 is 2.19. The highest BCUT2D eigenvalue weighted by Gasteiger charge is 2.08. The van der Waals surface area contributed by atoms with Crippen LogP contribution in [0.4, 0.5) is 5.69 Å². The maximum absolute atomic E-state index is 12.0. The number of carbonyl (C=O) groups is 1. The molecule has 3 nitrogen and oxygen atoms in total. The van der Waals surface area contributed by atoms with E-state index in [1.54, 1.807) is 12.4 Å². The van der Waals surface area contributed by atoms with Crippen molar-refractivity contribution >= 4 is 34.2 Å². The summed E-state index contributed by atoms with van der Waals surface area (Å²) in [5, 5.41) is 2.87. The van der Waals surface area contributed by atoms with Gasteiger partial charge in [-0.25, -0.2) is 0 Å². The predicted molar refractivity (Wildman–Crippen MR) is 76.1 cm³/mol. The molecular weight excluding hydrogens is 327 g/mol. The number of pyridine rings is 1. The number of hydrogen-bond donors (Lipinski definition) is 1. The molecule has 0 saturated heterocycles. The third-order valence-electron chi connectivity index (χ3n) is 2.26. The summed E-state index contributed by atoms with van der Waals surface area (Å²) in [6.45, 7) is 1.91. The number of carbonyl (C=O) groups excluding carboxylic acids is 1. The molecule has 1 amide bonds. The summed E-state index contributed by atoms with van der Waals surface area (Å²) in [5.74, 6) is -0.134. The van der Waals surface area contributed by atoms with Gasteiger partial charge in [-0.05, 0) is 53.3 Å². The van der Waals surface area contributed by atoms with Gasteiger partial charge >= 0.3 is 0 Å². The molecule has 0 spiro atoms. The molecule has 1 heterocycles. The van der Waals surface area contributed by atoms with E-state index in [4.69, 9.17) is 0 Å². The summed E-state index contributed by atoms with van der Waals surface area (Å²) < 4.78 is 1.01. The Kier molecular flexibility index (Phi) is 3.73. The first-order valence-electron chi connectivity index (χ1n) is 5.14. The maximum Gasteiger partial charge on any atom is 0.257 e. The van der Waals surface area contributed by atoms with E-state index < -0.39 is 0 Å². The number of para-hydroxylation sites is 1. The Morgan fingerprint density at radius 3 is 2.76 bits per heavy atom. The summed E-state index contributed by atoms with van der Waals surface area (Å²) in [4.78, 5) is 16.0. The number of halogens is 1. The van der Waals surface area contributed by atoms with Crippen LogP contribution in [0.15, 0.2) is 42.7 Å². The van der Waals surface area contributed by atoms with Gasteiger partial charge in [0, 0.05) is 16.0 Å². The highest BCUT2D eigenvalue weighted by atomic mass is 127. The van der Waals surface area contributed by atoms with Crippen LogP contribution in [0.25, 0.3) is 0 Å². The van der Waals surface area contributed by atoms with Crippen molar-refractivity contribution in [3.63, 3.8) is 0 Å². The SMILES string of the molecule is Cc1cncc(C(=O)Nc2ccccc2I)c1. The summed E-state index contributed by atoms with van der Waals surface area (Å²) in [6.07, 6.45) is 3.29. The van der Waals surface area contributed by atoms with Crippen LogP contribution in [-0.4, -0.2) is 10.9 Å². The average Bonchev–Trinajstić information content (AvgIpc) is 2.32. The summed E-state index contributed by atoms with van der Waals surface area (Å²) in [7, 11) is 0. The number of nitrogens with zero attached hydrogens (tertiary/aromatic N) is 1. The fourth-order valence-electron chi connectivity index (χ4n) is 1.44. The molecule has 1 aromatic heterocycles. The zero-order chi connectivity index (χ0) is 12.3. The molecule has 0 saturated carbocycles. The molecule has 0 fully saturated rings. The summed E-state index contributed by atoms with van der Waals surface area (Å²) in [5.41, 5.74) is 2.37. The van der Waals surface area contributed by atoms with Gasteiger partial charge in [0.15, 0.2) is 0 Å². The predicted octanol–water partition coefficient (Wildman–Crippen LogP) is 3.25.